The second kappa shape index (κ2) is 8.97. The third kappa shape index (κ3) is 5.16. The highest BCUT2D eigenvalue weighted by Crippen LogP contribution is 2.41. The number of hydrogen-bond acceptors (Lipinski definition) is 3. The summed E-state index contributed by atoms with van der Waals surface area (Å²) < 4.78 is 5.20. The zero-order valence-electron chi connectivity index (χ0n) is 15.7. The van der Waals surface area contributed by atoms with Gasteiger partial charge in [0.1, 0.15) is 5.75 Å². The molecule has 2 aromatic carbocycles. The summed E-state index contributed by atoms with van der Waals surface area (Å²) in [4.78, 5) is 24.2. The Morgan fingerprint density at radius 3 is 2.39 bits per heavy atom. The van der Waals surface area contributed by atoms with Crippen LogP contribution in [0.2, 0.25) is 5.02 Å². The first-order valence-electron chi connectivity index (χ1n) is 9.21. The molecule has 6 nitrogen and oxygen atoms in total. The van der Waals surface area contributed by atoms with Gasteiger partial charge in [-0.05, 0) is 48.1 Å². The van der Waals surface area contributed by atoms with E-state index in [-0.39, 0.29) is 18.4 Å². The minimum atomic E-state index is -0.702. The van der Waals surface area contributed by atoms with Crippen molar-refractivity contribution in [1.29, 1.82) is 0 Å². The van der Waals surface area contributed by atoms with Crippen molar-refractivity contribution in [3.8, 4) is 5.75 Å². The average Bonchev–Trinajstić information content (AvgIpc) is 3.51. The highest BCUT2D eigenvalue weighted by molar-refractivity contribution is 6.31. The molecule has 0 aromatic heterocycles. The molecule has 1 fully saturated rings. The molecule has 2 aromatic rings. The van der Waals surface area contributed by atoms with E-state index < -0.39 is 12.1 Å². The Kier molecular flexibility index (Phi) is 6.41. The summed E-state index contributed by atoms with van der Waals surface area (Å²) in [6.45, 7) is 0. The van der Waals surface area contributed by atoms with Gasteiger partial charge >= 0.3 is 6.03 Å². The third-order valence-electron chi connectivity index (χ3n) is 4.87. The predicted molar refractivity (Wildman–Crippen MR) is 108 cm³/mol. The Bertz CT molecular complexity index is 837. The second-order valence-electron chi connectivity index (χ2n) is 6.94. The predicted octanol–water partition coefficient (Wildman–Crippen LogP) is 3.72. The van der Waals surface area contributed by atoms with Gasteiger partial charge in [0.15, 0.2) is 0 Å². The fourth-order valence-electron chi connectivity index (χ4n) is 3.30. The first kappa shape index (κ1) is 20.0. The molecule has 0 radical (unpaired) electrons. The molecular weight excluding hydrogens is 378 g/mol. The summed E-state index contributed by atoms with van der Waals surface area (Å²) in [7, 11) is 1.62. The number of nitrogens with one attached hydrogen (secondary N) is 2. The number of primary amides is 1. The van der Waals surface area contributed by atoms with Crippen molar-refractivity contribution in [3.63, 3.8) is 0 Å². The molecule has 28 heavy (non-hydrogen) atoms. The first-order chi connectivity index (χ1) is 13.5. The van der Waals surface area contributed by atoms with E-state index in [0.29, 0.717) is 16.5 Å². The molecule has 4 N–H and O–H groups in total. The lowest BCUT2D eigenvalue weighted by molar-refractivity contribution is -0.122. The van der Waals surface area contributed by atoms with Gasteiger partial charge in [0.25, 0.3) is 0 Å². The largest absolute Gasteiger partial charge is 0.497 e. The molecule has 148 valence electrons. The molecule has 0 saturated heterocycles. The Morgan fingerprint density at radius 1 is 1.14 bits per heavy atom. The van der Waals surface area contributed by atoms with E-state index in [9.17, 15) is 9.59 Å². The molecular formula is C21H24ClN3O3. The van der Waals surface area contributed by atoms with Crippen LogP contribution in [0.5, 0.6) is 5.75 Å². The lowest BCUT2D eigenvalue weighted by atomic mass is 10.00. The van der Waals surface area contributed by atoms with E-state index >= 15 is 0 Å². The number of rotatable bonds is 8. The van der Waals surface area contributed by atoms with Gasteiger partial charge < -0.3 is 21.1 Å². The molecule has 0 unspecified atom stereocenters. The van der Waals surface area contributed by atoms with Gasteiger partial charge in [-0.2, -0.15) is 0 Å². The highest BCUT2D eigenvalue weighted by Gasteiger charge is 2.34. The highest BCUT2D eigenvalue weighted by atomic mass is 35.5. The minimum absolute atomic E-state index is 0.0477. The molecule has 7 heteroatoms. The zero-order chi connectivity index (χ0) is 20.1. The molecule has 0 aliphatic heterocycles. The van der Waals surface area contributed by atoms with Gasteiger partial charge in [-0.3, -0.25) is 4.79 Å². The summed E-state index contributed by atoms with van der Waals surface area (Å²) >= 11 is 6.24. The number of amides is 3. The molecule has 3 amide bonds. The first-order valence-corrected chi connectivity index (χ1v) is 9.59. The van der Waals surface area contributed by atoms with Crippen molar-refractivity contribution in [2.75, 3.05) is 7.11 Å². The van der Waals surface area contributed by atoms with Crippen LogP contribution in [0, 0.1) is 5.92 Å². The topological polar surface area (TPSA) is 93.4 Å². The second-order valence-corrected chi connectivity index (χ2v) is 7.35. The van der Waals surface area contributed by atoms with Crippen molar-refractivity contribution >= 4 is 23.5 Å². The smallest absolute Gasteiger partial charge is 0.312 e. The van der Waals surface area contributed by atoms with Gasteiger partial charge in [0.2, 0.25) is 5.91 Å². The summed E-state index contributed by atoms with van der Waals surface area (Å²) in [5, 5.41) is 6.20. The van der Waals surface area contributed by atoms with Gasteiger partial charge in [0.05, 0.1) is 25.6 Å². The number of carbonyl (C=O) groups excluding carboxylic acids is 2. The van der Waals surface area contributed by atoms with Crippen LogP contribution in [0.25, 0.3) is 0 Å². The molecule has 0 spiro atoms. The van der Waals surface area contributed by atoms with Crippen LogP contribution in [0.4, 0.5) is 4.79 Å². The van der Waals surface area contributed by atoms with Crippen molar-refractivity contribution in [2.24, 2.45) is 11.7 Å². The molecule has 1 aliphatic rings. The summed E-state index contributed by atoms with van der Waals surface area (Å²) in [6.07, 6.45) is 2.20. The van der Waals surface area contributed by atoms with Crippen LogP contribution < -0.4 is 21.1 Å². The summed E-state index contributed by atoms with van der Waals surface area (Å²) in [5.74, 6) is 1.01. The van der Waals surface area contributed by atoms with Crippen LogP contribution >= 0.6 is 11.6 Å². The number of urea groups is 1. The Hall–Kier alpha value is -2.73. The molecule has 1 saturated carbocycles. The van der Waals surface area contributed by atoms with Crippen molar-refractivity contribution in [1.82, 2.24) is 10.6 Å². The standard InChI is InChI=1S/C21H24ClN3O3/c1-28-15-10-8-14(9-11-15)20(13-6-7-13)25-19(26)12-18(24-21(23)27)16-4-2-3-5-17(16)22/h2-5,8-11,13,18,20H,6-7,12H2,1H3,(H,25,26)(H3,23,24,27)/t18-,20+/m1/s1. The van der Waals surface area contributed by atoms with Gasteiger partial charge in [0, 0.05) is 5.02 Å². The third-order valence-corrected chi connectivity index (χ3v) is 5.22. The van der Waals surface area contributed by atoms with E-state index in [1.807, 2.05) is 24.3 Å². The number of halogens is 1. The normalized spacial score (nSPS) is 15.4. The van der Waals surface area contributed by atoms with E-state index in [1.165, 1.54) is 0 Å². The van der Waals surface area contributed by atoms with Gasteiger partial charge in [-0.25, -0.2) is 4.79 Å². The number of methoxy groups -OCH3 is 1. The molecule has 0 heterocycles. The van der Waals surface area contributed by atoms with Crippen LogP contribution in [-0.4, -0.2) is 19.0 Å². The number of ether oxygens (including phenoxy) is 1. The molecule has 0 bridgehead atoms. The Morgan fingerprint density at radius 2 is 1.82 bits per heavy atom. The Labute approximate surface area is 169 Å². The molecule has 2 atom stereocenters. The molecule has 3 rings (SSSR count). The number of carbonyl (C=O) groups is 2. The van der Waals surface area contributed by atoms with Crippen LogP contribution in [0.1, 0.15) is 42.5 Å². The monoisotopic (exact) mass is 401 g/mol. The minimum Gasteiger partial charge on any atom is -0.497 e. The van der Waals surface area contributed by atoms with E-state index in [4.69, 9.17) is 22.1 Å². The lowest BCUT2D eigenvalue weighted by Crippen LogP contribution is -2.38. The van der Waals surface area contributed by atoms with Crippen molar-refractivity contribution in [3.05, 3.63) is 64.7 Å². The number of hydrogen-bond donors (Lipinski definition) is 3. The van der Waals surface area contributed by atoms with Gasteiger partial charge in [-0.1, -0.05) is 41.9 Å². The van der Waals surface area contributed by atoms with E-state index in [2.05, 4.69) is 10.6 Å². The maximum atomic E-state index is 12.8. The van der Waals surface area contributed by atoms with Gasteiger partial charge in [-0.15, -0.1) is 0 Å². The Balaban J connectivity index is 1.73. The SMILES string of the molecule is COc1ccc([C@@H](NC(=O)C[C@@H](NC(N)=O)c2ccccc2Cl)C2CC2)cc1. The van der Waals surface area contributed by atoms with Crippen LogP contribution in [-0.2, 0) is 4.79 Å². The van der Waals surface area contributed by atoms with Crippen LogP contribution in [0.15, 0.2) is 48.5 Å². The van der Waals surface area contributed by atoms with E-state index in [0.717, 1.165) is 24.2 Å². The van der Waals surface area contributed by atoms with Crippen LogP contribution in [0.3, 0.4) is 0 Å². The number of nitrogens with two attached hydrogens (primary N) is 1. The fourth-order valence-corrected chi connectivity index (χ4v) is 3.57. The average molecular weight is 402 g/mol. The quantitative estimate of drug-likeness (QED) is 0.629. The summed E-state index contributed by atoms with van der Waals surface area (Å²) in [6, 6.07) is 13.4. The maximum Gasteiger partial charge on any atom is 0.312 e. The lowest BCUT2D eigenvalue weighted by Gasteiger charge is -2.23. The van der Waals surface area contributed by atoms with E-state index in [1.54, 1.807) is 31.4 Å². The number of benzene rings is 2. The van der Waals surface area contributed by atoms with Crippen molar-refractivity contribution in [2.45, 2.75) is 31.3 Å². The van der Waals surface area contributed by atoms with Crippen molar-refractivity contribution < 1.29 is 14.3 Å². The maximum absolute atomic E-state index is 12.8. The summed E-state index contributed by atoms with van der Waals surface area (Å²) in [5.41, 5.74) is 6.99. The zero-order valence-corrected chi connectivity index (χ0v) is 16.4. The fraction of sp³-hybridized carbons (Fsp3) is 0.333. The molecule has 1 aliphatic carbocycles.